The molecule has 4 rings (SSSR count). The number of hydrogen-bond acceptors (Lipinski definition) is 2. The van der Waals surface area contributed by atoms with Crippen molar-refractivity contribution < 1.29 is 9.59 Å². The Kier molecular flexibility index (Phi) is 10.2. The van der Waals surface area contributed by atoms with Gasteiger partial charge in [-0.1, -0.05) is 81.1 Å². The minimum Gasteiger partial charge on any atom is -0.345 e. The van der Waals surface area contributed by atoms with Gasteiger partial charge in [0, 0.05) is 36.7 Å². The van der Waals surface area contributed by atoms with Crippen molar-refractivity contribution in [3.05, 3.63) is 89.2 Å². The van der Waals surface area contributed by atoms with E-state index in [1.54, 1.807) is 4.90 Å². The second-order valence-corrected chi connectivity index (χ2v) is 10.9. The number of carbonyl (C=O) groups is 2. The molecule has 1 aliphatic carbocycles. The molecule has 3 aromatic rings. The molecule has 3 amide bonds. The number of aromatic nitrogens is 1. The third kappa shape index (κ3) is 7.75. The first kappa shape index (κ1) is 28.5. The third-order valence-electron chi connectivity index (χ3n) is 7.90. The number of rotatable bonds is 11. The molecule has 1 fully saturated rings. The largest absolute Gasteiger partial charge is 0.345 e. The summed E-state index contributed by atoms with van der Waals surface area (Å²) in [7, 11) is 0. The molecule has 39 heavy (non-hydrogen) atoms. The zero-order valence-electron chi connectivity index (χ0n) is 23.9. The van der Waals surface area contributed by atoms with Gasteiger partial charge in [-0.3, -0.25) is 4.79 Å². The van der Waals surface area contributed by atoms with E-state index in [0.29, 0.717) is 13.1 Å². The molecule has 208 valence electrons. The number of unbranched alkanes of at least 4 members (excludes halogenated alkanes) is 1. The summed E-state index contributed by atoms with van der Waals surface area (Å²) < 4.78 is 2.24. The molecular weight excluding hydrogens is 484 g/mol. The van der Waals surface area contributed by atoms with Crippen LogP contribution in [0.4, 0.5) is 10.5 Å². The number of urea groups is 1. The lowest BCUT2D eigenvalue weighted by Crippen LogP contribution is -2.48. The standard InChI is InChI=1S/C33H44N4O2/c1-4-5-21-36(33(39)34-32-26(2)14-12-15-27(32)3)25-31(38)37(29-18-10-7-11-19-29)24-30-20-13-22-35(30)23-28-16-8-6-9-17-28/h6,8-9,12-17,20,22,29H,4-5,7,10-11,18-19,21,23-25H2,1-3H3,(H,34,39). The summed E-state index contributed by atoms with van der Waals surface area (Å²) >= 11 is 0. The van der Waals surface area contributed by atoms with Gasteiger partial charge in [-0.05, 0) is 61.9 Å². The zero-order chi connectivity index (χ0) is 27.6. The fourth-order valence-corrected chi connectivity index (χ4v) is 5.57. The van der Waals surface area contributed by atoms with Gasteiger partial charge in [0.25, 0.3) is 0 Å². The van der Waals surface area contributed by atoms with Gasteiger partial charge >= 0.3 is 6.03 Å². The summed E-state index contributed by atoms with van der Waals surface area (Å²) in [5.41, 5.74) is 5.23. The Bertz CT molecular complexity index is 1190. The predicted octanol–water partition coefficient (Wildman–Crippen LogP) is 7.15. The van der Waals surface area contributed by atoms with Crippen LogP contribution in [0, 0.1) is 13.8 Å². The fourth-order valence-electron chi connectivity index (χ4n) is 5.57. The topological polar surface area (TPSA) is 57.6 Å². The third-order valence-corrected chi connectivity index (χ3v) is 7.90. The maximum atomic E-state index is 14.0. The van der Waals surface area contributed by atoms with Gasteiger partial charge in [0.15, 0.2) is 0 Å². The average molecular weight is 529 g/mol. The molecule has 0 unspecified atom stereocenters. The van der Waals surface area contributed by atoms with Gasteiger partial charge in [-0.2, -0.15) is 0 Å². The average Bonchev–Trinajstić information content (AvgIpc) is 3.38. The lowest BCUT2D eigenvalue weighted by atomic mass is 9.94. The number of aryl methyl sites for hydroxylation is 2. The van der Waals surface area contributed by atoms with Crippen molar-refractivity contribution in [2.24, 2.45) is 0 Å². The number of amides is 3. The summed E-state index contributed by atoms with van der Waals surface area (Å²) in [5.74, 6) is 0.0297. The molecule has 1 saturated carbocycles. The maximum Gasteiger partial charge on any atom is 0.322 e. The van der Waals surface area contributed by atoms with Crippen LogP contribution in [0.3, 0.4) is 0 Å². The molecule has 0 saturated heterocycles. The first-order chi connectivity index (χ1) is 19.0. The Balaban J connectivity index is 1.53. The Morgan fingerprint density at radius 3 is 2.33 bits per heavy atom. The second kappa shape index (κ2) is 14.0. The van der Waals surface area contributed by atoms with Gasteiger partial charge in [-0.15, -0.1) is 0 Å². The van der Waals surface area contributed by atoms with Crippen molar-refractivity contribution >= 4 is 17.6 Å². The number of benzene rings is 2. The molecular formula is C33H44N4O2. The van der Waals surface area contributed by atoms with Crippen molar-refractivity contribution in [2.45, 2.75) is 84.8 Å². The van der Waals surface area contributed by atoms with E-state index in [1.165, 1.54) is 12.0 Å². The van der Waals surface area contributed by atoms with Gasteiger partial charge in [0.1, 0.15) is 6.54 Å². The molecule has 2 aromatic carbocycles. The number of nitrogens with zero attached hydrogens (tertiary/aromatic N) is 3. The smallest absolute Gasteiger partial charge is 0.322 e. The molecule has 0 atom stereocenters. The molecule has 0 spiro atoms. The van der Waals surface area contributed by atoms with E-state index in [9.17, 15) is 9.59 Å². The van der Waals surface area contributed by atoms with Gasteiger partial charge in [-0.25, -0.2) is 4.79 Å². The highest BCUT2D eigenvalue weighted by Gasteiger charge is 2.29. The summed E-state index contributed by atoms with van der Waals surface area (Å²) in [4.78, 5) is 31.2. The van der Waals surface area contributed by atoms with E-state index in [0.717, 1.165) is 67.6 Å². The van der Waals surface area contributed by atoms with Crippen LogP contribution in [0.5, 0.6) is 0 Å². The van der Waals surface area contributed by atoms with Crippen LogP contribution < -0.4 is 5.32 Å². The van der Waals surface area contributed by atoms with E-state index >= 15 is 0 Å². The van der Waals surface area contributed by atoms with E-state index < -0.39 is 0 Å². The molecule has 1 aromatic heterocycles. The van der Waals surface area contributed by atoms with Crippen molar-refractivity contribution in [3.63, 3.8) is 0 Å². The van der Waals surface area contributed by atoms with Crippen LogP contribution in [0.15, 0.2) is 66.9 Å². The van der Waals surface area contributed by atoms with Crippen LogP contribution in [-0.2, 0) is 17.9 Å². The Morgan fingerprint density at radius 1 is 0.923 bits per heavy atom. The highest BCUT2D eigenvalue weighted by atomic mass is 16.2. The Hall–Kier alpha value is -3.54. The lowest BCUT2D eigenvalue weighted by molar-refractivity contribution is -0.135. The molecule has 6 nitrogen and oxygen atoms in total. The molecule has 1 N–H and O–H groups in total. The predicted molar refractivity (Wildman–Crippen MR) is 159 cm³/mol. The van der Waals surface area contributed by atoms with E-state index in [-0.39, 0.29) is 24.5 Å². The second-order valence-electron chi connectivity index (χ2n) is 10.9. The molecule has 1 heterocycles. The summed E-state index contributed by atoms with van der Waals surface area (Å²) in [6.45, 7) is 8.09. The van der Waals surface area contributed by atoms with Crippen LogP contribution in [0.25, 0.3) is 0 Å². The number of carbonyl (C=O) groups excluding carboxylic acids is 2. The summed E-state index contributed by atoms with van der Waals surface area (Å²) in [6, 6.07) is 20.6. The molecule has 6 heteroatoms. The van der Waals surface area contributed by atoms with E-state index in [4.69, 9.17) is 0 Å². The van der Waals surface area contributed by atoms with Crippen molar-refractivity contribution in [2.75, 3.05) is 18.4 Å². The first-order valence-corrected chi connectivity index (χ1v) is 14.6. The van der Waals surface area contributed by atoms with E-state index in [2.05, 4.69) is 64.3 Å². The summed E-state index contributed by atoms with van der Waals surface area (Å²) in [5, 5.41) is 3.11. The van der Waals surface area contributed by atoms with Gasteiger partial charge in [0.2, 0.25) is 5.91 Å². The number of hydrogen-bond donors (Lipinski definition) is 1. The van der Waals surface area contributed by atoms with Gasteiger partial charge < -0.3 is 19.7 Å². The summed E-state index contributed by atoms with van der Waals surface area (Å²) in [6.07, 6.45) is 9.47. The zero-order valence-corrected chi connectivity index (χ0v) is 23.9. The van der Waals surface area contributed by atoms with Crippen LogP contribution in [0.1, 0.15) is 74.3 Å². The molecule has 1 aliphatic rings. The molecule has 0 radical (unpaired) electrons. The van der Waals surface area contributed by atoms with Crippen LogP contribution >= 0.6 is 0 Å². The van der Waals surface area contributed by atoms with Crippen molar-refractivity contribution in [1.82, 2.24) is 14.4 Å². The SMILES string of the molecule is CCCCN(CC(=O)N(Cc1cccn1Cc1ccccc1)C1CCCCC1)C(=O)Nc1c(C)cccc1C. The molecule has 0 bridgehead atoms. The van der Waals surface area contributed by atoms with Crippen LogP contribution in [-0.4, -0.2) is 45.4 Å². The normalized spacial score (nSPS) is 13.7. The maximum absolute atomic E-state index is 14.0. The number of anilines is 1. The van der Waals surface area contributed by atoms with E-state index in [1.807, 2.05) is 38.1 Å². The van der Waals surface area contributed by atoms with Crippen LogP contribution in [0.2, 0.25) is 0 Å². The monoisotopic (exact) mass is 528 g/mol. The van der Waals surface area contributed by atoms with Gasteiger partial charge in [0.05, 0.1) is 6.54 Å². The molecule has 0 aliphatic heterocycles. The van der Waals surface area contributed by atoms with Crippen molar-refractivity contribution in [3.8, 4) is 0 Å². The fraction of sp³-hybridized carbons (Fsp3) is 0.455. The Labute approximate surface area is 234 Å². The van der Waals surface area contributed by atoms with Crippen molar-refractivity contribution in [1.29, 1.82) is 0 Å². The quantitative estimate of drug-likeness (QED) is 0.287. The lowest BCUT2D eigenvalue weighted by Gasteiger charge is -2.36. The highest BCUT2D eigenvalue weighted by Crippen LogP contribution is 2.25. The highest BCUT2D eigenvalue weighted by molar-refractivity contribution is 5.93. The minimum absolute atomic E-state index is 0.0297. The Morgan fingerprint density at radius 2 is 1.64 bits per heavy atom. The first-order valence-electron chi connectivity index (χ1n) is 14.6. The number of nitrogens with one attached hydrogen (secondary N) is 1. The minimum atomic E-state index is -0.203. The number of para-hydroxylation sites is 1.